The summed E-state index contributed by atoms with van der Waals surface area (Å²) in [5.74, 6) is 0.0463. The first-order valence-corrected chi connectivity index (χ1v) is 11.8. The van der Waals surface area contributed by atoms with Crippen LogP contribution in [-0.2, 0) is 5.41 Å². The van der Waals surface area contributed by atoms with E-state index in [1.54, 1.807) is 24.4 Å². The number of nitrogens with one attached hydrogen (secondary N) is 1. The molecule has 172 valence electrons. The summed E-state index contributed by atoms with van der Waals surface area (Å²) in [6.45, 7) is 8.09. The number of phenols is 1. The van der Waals surface area contributed by atoms with Crippen LogP contribution in [0, 0.1) is 6.92 Å². The molecule has 1 aromatic heterocycles. The number of thiazole rings is 1. The lowest BCUT2D eigenvalue weighted by atomic mass is 9.84. The Morgan fingerprint density at radius 1 is 1.09 bits per heavy atom. The van der Waals surface area contributed by atoms with Gasteiger partial charge >= 0.3 is 0 Å². The van der Waals surface area contributed by atoms with Crippen LogP contribution in [0.1, 0.15) is 53.4 Å². The van der Waals surface area contributed by atoms with Gasteiger partial charge in [-0.1, -0.05) is 74.1 Å². The van der Waals surface area contributed by atoms with Gasteiger partial charge in [0.15, 0.2) is 5.78 Å². The number of carbonyl (C=O) groups excluding carboxylic acids is 1. The summed E-state index contributed by atoms with van der Waals surface area (Å²) in [6.07, 6.45) is 4.84. The number of ketones is 1. The number of anilines is 1. The molecule has 3 aromatic carbocycles. The summed E-state index contributed by atoms with van der Waals surface area (Å²) in [5, 5.41) is 16.0. The third kappa shape index (κ3) is 5.41. The number of hydrogen-bond acceptors (Lipinski definition) is 6. The second kappa shape index (κ2) is 9.61. The minimum Gasteiger partial charge on any atom is -0.507 e. The maximum atomic E-state index is 12.6. The number of hydrogen-bond donors (Lipinski definition) is 2. The summed E-state index contributed by atoms with van der Waals surface area (Å²) in [4.78, 5) is 17.1. The highest BCUT2D eigenvalue weighted by Crippen LogP contribution is 2.35. The van der Waals surface area contributed by atoms with Gasteiger partial charge in [-0.2, -0.15) is 5.10 Å². The molecule has 0 unspecified atom stereocenters. The van der Waals surface area contributed by atoms with Crippen molar-refractivity contribution < 1.29 is 9.90 Å². The van der Waals surface area contributed by atoms with Crippen LogP contribution in [0.2, 0.25) is 0 Å². The Bertz CT molecular complexity index is 1360. The highest BCUT2D eigenvalue weighted by molar-refractivity contribution is 7.22. The van der Waals surface area contributed by atoms with Crippen molar-refractivity contribution in [3.05, 3.63) is 94.6 Å². The molecule has 6 heteroatoms. The minimum absolute atomic E-state index is 0.117. The molecule has 0 saturated carbocycles. The Hall–Kier alpha value is -3.77. The smallest absolute Gasteiger partial charge is 0.204 e. The molecule has 0 radical (unpaired) electrons. The Balaban J connectivity index is 1.60. The van der Waals surface area contributed by atoms with Gasteiger partial charge in [-0.3, -0.25) is 10.2 Å². The highest BCUT2D eigenvalue weighted by atomic mass is 32.1. The van der Waals surface area contributed by atoms with Crippen LogP contribution in [0.3, 0.4) is 0 Å². The van der Waals surface area contributed by atoms with E-state index in [1.165, 1.54) is 17.4 Å². The molecule has 1 heterocycles. The van der Waals surface area contributed by atoms with Gasteiger partial charge in [0.2, 0.25) is 5.13 Å². The number of allylic oxidation sites excluding steroid dienone is 1. The number of aryl methyl sites for hydroxylation is 1. The Labute approximate surface area is 203 Å². The quantitative estimate of drug-likeness (QED) is 0.139. The standard InChI is InChI=1S/C28H27N3O2S/c1-18-9-11-20(12-10-18)24(32)14-13-21-15-19(16-22(26(21)33)28(2,3)4)17-29-31-27-30-23-7-5-6-8-25(23)34-27/h5-17,33H,1-4H3,(H,30,31)/b14-13+,29-17+. The van der Waals surface area contributed by atoms with E-state index in [9.17, 15) is 9.90 Å². The number of phenolic OH excluding ortho intramolecular Hbond substituents is 1. The number of aromatic nitrogens is 1. The molecule has 34 heavy (non-hydrogen) atoms. The van der Waals surface area contributed by atoms with Crippen molar-refractivity contribution in [3.8, 4) is 5.75 Å². The van der Waals surface area contributed by atoms with Gasteiger partial charge in [-0.15, -0.1) is 0 Å². The topological polar surface area (TPSA) is 74.6 Å². The van der Waals surface area contributed by atoms with Crippen molar-refractivity contribution in [2.45, 2.75) is 33.1 Å². The SMILES string of the molecule is Cc1ccc(C(=O)/C=C/c2cc(/C=N/Nc3nc4ccccc4s3)cc(C(C)(C)C)c2O)cc1. The highest BCUT2D eigenvalue weighted by Gasteiger charge is 2.20. The van der Waals surface area contributed by atoms with Gasteiger partial charge in [-0.25, -0.2) is 4.98 Å². The lowest BCUT2D eigenvalue weighted by molar-refractivity contribution is 0.104. The van der Waals surface area contributed by atoms with E-state index in [2.05, 4.69) is 15.5 Å². The molecule has 0 fully saturated rings. The summed E-state index contributed by atoms with van der Waals surface area (Å²) in [5.41, 5.74) is 7.47. The van der Waals surface area contributed by atoms with E-state index < -0.39 is 0 Å². The zero-order valence-corrected chi connectivity index (χ0v) is 20.5. The van der Waals surface area contributed by atoms with Crippen LogP contribution in [0.4, 0.5) is 5.13 Å². The summed E-state index contributed by atoms with van der Waals surface area (Å²) >= 11 is 1.53. The van der Waals surface area contributed by atoms with Crippen molar-refractivity contribution >= 4 is 44.8 Å². The number of benzene rings is 3. The zero-order valence-electron chi connectivity index (χ0n) is 19.7. The van der Waals surface area contributed by atoms with E-state index in [-0.39, 0.29) is 16.9 Å². The zero-order chi connectivity index (χ0) is 24.3. The third-order valence-electron chi connectivity index (χ3n) is 5.39. The summed E-state index contributed by atoms with van der Waals surface area (Å²) < 4.78 is 1.09. The molecular weight excluding hydrogens is 442 g/mol. The second-order valence-corrected chi connectivity index (χ2v) is 10.2. The first-order chi connectivity index (χ1) is 16.2. The molecule has 0 spiro atoms. The fraction of sp³-hybridized carbons (Fsp3) is 0.179. The Kier molecular flexibility index (Phi) is 6.61. The van der Waals surface area contributed by atoms with Crippen molar-refractivity contribution in [3.63, 3.8) is 0 Å². The number of nitrogens with zero attached hydrogens (tertiary/aromatic N) is 2. The maximum absolute atomic E-state index is 12.6. The number of rotatable bonds is 6. The first kappa shape index (κ1) is 23.4. The average Bonchev–Trinajstić information content (AvgIpc) is 3.21. The summed E-state index contributed by atoms with van der Waals surface area (Å²) in [6, 6.07) is 19.1. The van der Waals surface area contributed by atoms with Crippen LogP contribution in [0.5, 0.6) is 5.75 Å². The number of fused-ring (bicyclic) bond motifs is 1. The summed E-state index contributed by atoms with van der Waals surface area (Å²) in [7, 11) is 0. The lowest BCUT2D eigenvalue weighted by Gasteiger charge is -2.22. The molecule has 4 aromatic rings. The molecule has 0 aliphatic rings. The molecule has 0 aliphatic carbocycles. The number of aromatic hydroxyl groups is 1. The van der Waals surface area contributed by atoms with E-state index in [1.807, 2.05) is 76.2 Å². The monoisotopic (exact) mass is 469 g/mol. The predicted octanol–water partition coefficient (Wildman–Crippen LogP) is 6.95. The molecule has 0 amide bonds. The van der Waals surface area contributed by atoms with Crippen LogP contribution < -0.4 is 5.43 Å². The largest absolute Gasteiger partial charge is 0.507 e. The van der Waals surface area contributed by atoms with Crippen molar-refractivity contribution in [2.24, 2.45) is 5.10 Å². The molecule has 4 rings (SSSR count). The fourth-order valence-electron chi connectivity index (χ4n) is 3.51. The second-order valence-electron chi connectivity index (χ2n) is 9.18. The average molecular weight is 470 g/mol. The minimum atomic E-state index is -0.294. The Morgan fingerprint density at radius 2 is 1.82 bits per heavy atom. The molecule has 5 nitrogen and oxygen atoms in total. The molecule has 0 aliphatic heterocycles. The molecular formula is C28H27N3O2S. The van der Waals surface area contributed by atoms with Gasteiger partial charge in [0, 0.05) is 16.7 Å². The molecule has 0 atom stereocenters. The lowest BCUT2D eigenvalue weighted by Crippen LogP contribution is -2.12. The van der Waals surface area contributed by atoms with E-state index >= 15 is 0 Å². The van der Waals surface area contributed by atoms with Crippen LogP contribution >= 0.6 is 11.3 Å². The van der Waals surface area contributed by atoms with E-state index in [0.717, 1.165) is 26.9 Å². The molecule has 0 saturated heterocycles. The van der Waals surface area contributed by atoms with Crippen LogP contribution in [-0.4, -0.2) is 22.1 Å². The van der Waals surface area contributed by atoms with Crippen LogP contribution in [0.25, 0.3) is 16.3 Å². The van der Waals surface area contributed by atoms with Gasteiger partial charge in [0.05, 0.1) is 16.4 Å². The van der Waals surface area contributed by atoms with Crippen molar-refractivity contribution in [1.82, 2.24) is 4.98 Å². The van der Waals surface area contributed by atoms with Crippen molar-refractivity contribution in [1.29, 1.82) is 0 Å². The predicted molar refractivity (Wildman–Crippen MR) is 142 cm³/mol. The molecule has 0 bridgehead atoms. The normalized spacial score (nSPS) is 12.1. The van der Waals surface area contributed by atoms with Gasteiger partial charge in [-0.05, 0) is 54.3 Å². The third-order valence-corrected chi connectivity index (χ3v) is 6.33. The first-order valence-electron chi connectivity index (χ1n) is 11.0. The fourth-order valence-corrected chi connectivity index (χ4v) is 4.33. The van der Waals surface area contributed by atoms with Gasteiger partial charge in [0.25, 0.3) is 0 Å². The van der Waals surface area contributed by atoms with Crippen molar-refractivity contribution in [2.75, 3.05) is 5.43 Å². The van der Waals surface area contributed by atoms with E-state index in [4.69, 9.17) is 0 Å². The number of carbonyl (C=O) groups is 1. The Morgan fingerprint density at radius 3 is 2.53 bits per heavy atom. The van der Waals surface area contributed by atoms with Gasteiger partial charge in [0.1, 0.15) is 5.75 Å². The maximum Gasteiger partial charge on any atom is 0.204 e. The van der Waals surface area contributed by atoms with E-state index in [0.29, 0.717) is 16.3 Å². The van der Waals surface area contributed by atoms with Crippen LogP contribution in [0.15, 0.2) is 71.8 Å². The van der Waals surface area contributed by atoms with Gasteiger partial charge < -0.3 is 5.11 Å². The number of para-hydroxylation sites is 1. The molecule has 2 N–H and O–H groups in total. The number of hydrazone groups is 1.